The van der Waals surface area contributed by atoms with E-state index in [-0.39, 0.29) is 11.9 Å². The van der Waals surface area contributed by atoms with E-state index in [2.05, 4.69) is 4.98 Å². The van der Waals surface area contributed by atoms with E-state index in [4.69, 9.17) is 5.73 Å². The Balaban J connectivity index is 1.93. The summed E-state index contributed by atoms with van der Waals surface area (Å²) in [5.41, 5.74) is 8.81. The first-order valence-electron chi connectivity index (χ1n) is 6.15. The molecule has 0 aliphatic heterocycles. The highest BCUT2D eigenvalue weighted by atomic mass is 32.1. The lowest BCUT2D eigenvalue weighted by atomic mass is 10.1. The van der Waals surface area contributed by atoms with Crippen LogP contribution in [0.15, 0.2) is 18.2 Å². The smallest absolute Gasteiger partial charge is 0.126 e. The Labute approximate surface area is 110 Å². The molecule has 0 spiro atoms. The molecule has 0 amide bonds. The number of thiazole rings is 1. The van der Waals surface area contributed by atoms with Crippen molar-refractivity contribution in [3.63, 3.8) is 0 Å². The third-order valence-corrected chi connectivity index (χ3v) is 4.67. The molecule has 1 aliphatic rings. The maximum absolute atomic E-state index is 13.5. The van der Waals surface area contributed by atoms with Gasteiger partial charge in [-0.25, -0.2) is 9.37 Å². The Morgan fingerprint density at radius 2 is 2.22 bits per heavy atom. The first kappa shape index (κ1) is 11.8. The Kier molecular flexibility index (Phi) is 2.92. The minimum absolute atomic E-state index is 0.202. The van der Waals surface area contributed by atoms with Gasteiger partial charge in [-0.3, -0.25) is 0 Å². The molecular weight excluding hydrogens is 247 g/mol. The van der Waals surface area contributed by atoms with Crippen LogP contribution in [0, 0.1) is 12.7 Å². The van der Waals surface area contributed by atoms with Crippen molar-refractivity contribution in [1.29, 1.82) is 0 Å². The van der Waals surface area contributed by atoms with Crippen molar-refractivity contribution in [1.82, 2.24) is 4.98 Å². The van der Waals surface area contributed by atoms with Crippen molar-refractivity contribution < 1.29 is 4.39 Å². The normalized spacial score (nSPS) is 15.7. The fourth-order valence-electron chi connectivity index (χ4n) is 2.29. The van der Waals surface area contributed by atoms with Crippen LogP contribution in [-0.4, -0.2) is 4.98 Å². The Morgan fingerprint density at radius 3 is 2.94 bits per heavy atom. The molecule has 18 heavy (non-hydrogen) atoms. The van der Waals surface area contributed by atoms with Gasteiger partial charge in [-0.2, -0.15) is 0 Å². The third kappa shape index (κ3) is 1.95. The van der Waals surface area contributed by atoms with Gasteiger partial charge in [0.25, 0.3) is 0 Å². The summed E-state index contributed by atoms with van der Waals surface area (Å²) in [5, 5.41) is 0.906. The number of aryl methyl sites for hydroxylation is 3. The molecular formula is C14H15FN2S. The zero-order valence-electron chi connectivity index (χ0n) is 10.2. The lowest BCUT2D eigenvalue weighted by Crippen LogP contribution is -2.12. The van der Waals surface area contributed by atoms with E-state index in [1.807, 2.05) is 6.07 Å². The van der Waals surface area contributed by atoms with Gasteiger partial charge in [0.05, 0.1) is 11.7 Å². The lowest BCUT2D eigenvalue weighted by Gasteiger charge is -2.10. The summed E-state index contributed by atoms with van der Waals surface area (Å²) in [4.78, 5) is 5.94. The standard InChI is InChI=1S/C14H15FN2S/c1-8-5-6-9(7-10(8)15)13(16)14-17-11-3-2-4-12(11)18-14/h5-7,13H,2-4,16H2,1H3. The summed E-state index contributed by atoms with van der Waals surface area (Å²) >= 11 is 1.68. The number of fused-ring (bicyclic) bond motifs is 1. The maximum Gasteiger partial charge on any atom is 0.126 e. The van der Waals surface area contributed by atoms with Gasteiger partial charge in [-0.15, -0.1) is 11.3 Å². The van der Waals surface area contributed by atoms with E-state index in [1.165, 1.54) is 23.1 Å². The number of hydrogen-bond donors (Lipinski definition) is 1. The SMILES string of the molecule is Cc1ccc(C(N)c2nc3c(s2)CCC3)cc1F. The van der Waals surface area contributed by atoms with Gasteiger partial charge < -0.3 is 5.73 Å². The maximum atomic E-state index is 13.5. The molecule has 0 saturated heterocycles. The fourth-order valence-corrected chi connectivity index (χ4v) is 3.47. The lowest BCUT2D eigenvalue weighted by molar-refractivity contribution is 0.614. The highest BCUT2D eigenvalue weighted by molar-refractivity contribution is 7.11. The molecule has 0 fully saturated rings. The first-order valence-corrected chi connectivity index (χ1v) is 6.97. The van der Waals surface area contributed by atoms with E-state index in [0.29, 0.717) is 5.56 Å². The second-order valence-corrected chi connectivity index (χ2v) is 5.88. The highest BCUT2D eigenvalue weighted by Gasteiger charge is 2.21. The summed E-state index contributed by atoms with van der Waals surface area (Å²) in [7, 11) is 0. The molecule has 1 aliphatic carbocycles. The van der Waals surface area contributed by atoms with Crippen LogP contribution in [-0.2, 0) is 12.8 Å². The van der Waals surface area contributed by atoms with Crippen molar-refractivity contribution >= 4 is 11.3 Å². The summed E-state index contributed by atoms with van der Waals surface area (Å²) in [6, 6.07) is 4.86. The Bertz CT molecular complexity index is 570. The van der Waals surface area contributed by atoms with Crippen molar-refractivity contribution in [2.24, 2.45) is 5.73 Å². The van der Waals surface area contributed by atoms with Gasteiger partial charge in [-0.1, -0.05) is 12.1 Å². The summed E-state index contributed by atoms with van der Waals surface area (Å²) in [6.07, 6.45) is 3.37. The van der Waals surface area contributed by atoms with Crippen molar-refractivity contribution in [2.75, 3.05) is 0 Å². The topological polar surface area (TPSA) is 38.9 Å². The van der Waals surface area contributed by atoms with Gasteiger partial charge in [0.1, 0.15) is 10.8 Å². The third-order valence-electron chi connectivity index (χ3n) is 3.43. The van der Waals surface area contributed by atoms with E-state index >= 15 is 0 Å². The number of rotatable bonds is 2. The summed E-state index contributed by atoms with van der Waals surface area (Å²) < 4.78 is 13.5. The monoisotopic (exact) mass is 262 g/mol. The second kappa shape index (κ2) is 4.44. The minimum atomic E-state index is -0.310. The zero-order valence-corrected chi connectivity index (χ0v) is 11.1. The molecule has 0 bridgehead atoms. The van der Waals surface area contributed by atoms with Crippen LogP contribution in [0.3, 0.4) is 0 Å². The number of halogens is 1. The van der Waals surface area contributed by atoms with E-state index in [0.717, 1.165) is 23.4 Å². The molecule has 2 nitrogen and oxygen atoms in total. The first-order chi connectivity index (χ1) is 8.65. The number of nitrogens with two attached hydrogens (primary N) is 1. The largest absolute Gasteiger partial charge is 0.318 e. The van der Waals surface area contributed by atoms with E-state index < -0.39 is 0 Å². The Hall–Kier alpha value is -1.26. The zero-order chi connectivity index (χ0) is 12.7. The number of nitrogens with zero attached hydrogens (tertiary/aromatic N) is 1. The van der Waals surface area contributed by atoms with Gasteiger partial charge in [0, 0.05) is 4.88 Å². The molecule has 94 valence electrons. The fraction of sp³-hybridized carbons (Fsp3) is 0.357. The van der Waals surface area contributed by atoms with Crippen LogP contribution in [0.5, 0.6) is 0 Å². The van der Waals surface area contributed by atoms with Crippen LogP contribution in [0.1, 0.15) is 39.2 Å². The average Bonchev–Trinajstić information content (AvgIpc) is 2.92. The van der Waals surface area contributed by atoms with Crippen LogP contribution in [0.4, 0.5) is 4.39 Å². The van der Waals surface area contributed by atoms with Crippen molar-refractivity contribution in [2.45, 2.75) is 32.2 Å². The molecule has 4 heteroatoms. The number of benzene rings is 1. The summed E-state index contributed by atoms with van der Waals surface area (Å²) in [5.74, 6) is -0.202. The molecule has 1 aromatic heterocycles. The van der Waals surface area contributed by atoms with Crippen LogP contribution >= 0.6 is 11.3 Å². The second-order valence-electron chi connectivity index (χ2n) is 4.76. The molecule has 1 heterocycles. The average molecular weight is 262 g/mol. The predicted molar refractivity (Wildman–Crippen MR) is 71.3 cm³/mol. The van der Waals surface area contributed by atoms with Crippen LogP contribution < -0.4 is 5.73 Å². The van der Waals surface area contributed by atoms with Crippen LogP contribution in [0.2, 0.25) is 0 Å². The number of hydrogen-bond acceptors (Lipinski definition) is 3. The molecule has 2 aromatic rings. The summed E-state index contributed by atoms with van der Waals surface area (Å²) in [6.45, 7) is 1.75. The number of aromatic nitrogens is 1. The minimum Gasteiger partial charge on any atom is -0.318 e. The molecule has 1 aromatic carbocycles. The van der Waals surface area contributed by atoms with Crippen molar-refractivity contribution in [3.05, 3.63) is 50.7 Å². The van der Waals surface area contributed by atoms with Gasteiger partial charge in [0.2, 0.25) is 0 Å². The molecule has 0 saturated carbocycles. The highest BCUT2D eigenvalue weighted by Crippen LogP contribution is 2.32. The van der Waals surface area contributed by atoms with Gasteiger partial charge in [-0.05, 0) is 43.4 Å². The molecule has 2 N–H and O–H groups in total. The van der Waals surface area contributed by atoms with Crippen molar-refractivity contribution in [3.8, 4) is 0 Å². The van der Waals surface area contributed by atoms with Gasteiger partial charge in [0.15, 0.2) is 0 Å². The van der Waals surface area contributed by atoms with E-state index in [9.17, 15) is 4.39 Å². The quantitative estimate of drug-likeness (QED) is 0.903. The molecule has 1 atom stereocenters. The van der Waals surface area contributed by atoms with E-state index in [1.54, 1.807) is 24.3 Å². The van der Waals surface area contributed by atoms with Gasteiger partial charge >= 0.3 is 0 Å². The molecule has 3 rings (SSSR count). The Morgan fingerprint density at radius 1 is 1.39 bits per heavy atom. The predicted octanol–water partition coefficient (Wildman–Crippen LogP) is 3.13. The molecule has 1 unspecified atom stereocenters. The van der Waals surface area contributed by atoms with Crippen LogP contribution in [0.25, 0.3) is 0 Å². The molecule has 0 radical (unpaired) electrons.